The molecule has 1 fully saturated rings. The van der Waals surface area contributed by atoms with Crippen LogP contribution in [0.25, 0.3) is 21.8 Å². The first-order valence-corrected chi connectivity index (χ1v) is 10.5. The Balaban J connectivity index is 1.39. The molecule has 0 aliphatic carbocycles. The molecule has 9 heteroatoms. The number of phenols is 2. The Morgan fingerprint density at radius 1 is 1.03 bits per heavy atom. The highest BCUT2D eigenvalue weighted by atomic mass is 19.4. The number of halogens is 3. The van der Waals surface area contributed by atoms with Crippen molar-refractivity contribution in [1.82, 2.24) is 14.9 Å². The zero-order chi connectivity index (χ0) is 23.3. The minimum Gasteiger partial charge on any atom is -0.508 e. The molecular weight excluding hydrogens is 435 g/mol. The van der Waals surface area contributed by atoms with Crippen LogP contribution in [0.4, 0.5) is 13.2 Å². The van der Waals surface area contributed by atoms with Gasteiger partial charge in [-0.15, -0.1) is 0 Å². The third-order valence-corrected chi connectivity index (χ3v) is 6.24. The highest BCUT2D eigenvalue weighted by Gasteiger charge is 2.35. The highest BCUT2D eigenvalue weighted by Crippen LogP contribution is 2.37. The molecule has 0 bridgehead atoms. The van der Waals surface area contributed by atoms with Crippen LogP contribution in [0.5, 0.6) is 11.5 Å². The number of fused-ring (bicyclic) bond motifs is 2. The van der Waals surface area contributed by atoms with Crippen molar-refractivity contribution in [2.45, 2.75) is 24.9 Å². The van der Waals surface area contributed by atoms with Gasteiger partial charge in [0.15, 0.2) is 0 Å². The van der Waals surface area contributed by atoms with Crippen LogP contribution in [0.15, 0.2) is 48.7 Å². The number of carbonyl (C=O) groups is 1. The van der Waals surface area contributed by atoms with Crippen LogP contribution in [0.2, 0.25) is 0 Å². The minimum atomic E-state index is -4.55. The van der Waals surface area contributed by atoms with Crippen LogP contribution in [-0.4, -0.2) is 44.1 Å². The Hall–Kier alpha value is -3.75. The number of H-pyrrole nitrogens is 1. The molecule has 3 heterocycles. The molecule has 33 heavy (non-hydrogen) atoms. The first-order valence-electron chi connectivity index (χ1n) is 10.5. The molecular formula is C24H20F3N3O3. The molecule has 0 unspecified atom stereocenters. The number of piperidine rings is 1. The quantitative estimate of drug-likeness (QED) is 0.389. The van der Waals surface area contributed by atoms with E-state index in [2.05, 4.69) is 9.97 Å². The summed E-state index contributed by atoms with van der Waals surface area (Å²) in [4.78, 5) is 21.1. The van der Waals surface area contributed by atoms with Gasteiger partial charge in [0.25, 0.3) is 5.91 Å². The molecule has 0 atom stereocenters. The summed E-state index contributed by atoms with van der Waals surface area (Å²) in [5, 5.41) is 22.1. The van der Waals surface area contributed by atoms with Gasteiger partial charge in [0.2, 0.25) is 0 Å². The second kappa shape index (κ2) is 7.68. The molecule has 4 aromatic rings. The van der Waals surface area contributed by atoms with Crippen LogP contribution in [-0.2, 0) is 6.18 Å². The molecule has 1 aliphatic heterocycles. The van der Waals surface area contributed by atoms with E-state index < -0.39 is 11.9 Å². The largest absolute Gasteiger partial charge is 0.508 e. The van der Waals surface area contributed by atoms with E-state index in [1.54, 1.807) is 29.3 Å². The number of hydrogen-bond acceptors (Lipinski definition) is 4. The summed E-state index contributed by atoms with van der Waals surface area (Å²) in [7, 11) is 0. The highest BCUT2D eigenvalue weighted by molar-refractivity contribution is 6.01. The van der Waals surface area contributed by atoms with Gasteiger partial charge in [-0.3, -0.25) is 4.79 Å². The normalized spacial score (nSPS) is 15.4. The Morgan fingerprint density at radius 3 is 2.52 bits per heavy atom. The van der Waals surface area contributed by atoms with Gasteiger partial charge in [-0.2, -0.15) is 13.2 Å². The molecule has 1 amide bonds. The minimum absolute atomic E-state index is 0.0547. The Labute approximate surface area is 186 Å². The lowest BCUT2D eigenvalue weighted by atomic mass is 9.87. The van der Waals surface area contributed by atoms with Crippen LogP contribution < -0.4 is 0 Å². The molecule has 0 radical (unpaired) electrons. The van der Waals surface area contributed by atoms with Gasteiger partial charge in [-0.25, -0.2) is 4.98 Å². The monoisotopic (exact) mass is 455 g/mol. The van der Waals surface area contributed by atoms with Crippen molar-refractivity contribution < 1.29 is 28.2 Å². The van der Waals surface area contributed by atoms with Crippen LogP contribution in [0, 0.1) is 0 Å². The average Bonchev–Trinajstić information content (AvgIpc) is 3.26. The zero-order valence-electron chi connectivity index (χ0n) is 17.4. The number of nitrogens with zero attached hydrogens (tertiary/aromatic N) is 2. The van der Waals surface area contributed by atoms with Crippen molar-refractivity contribution in [3.8, 4) is 11.5 Å². The molecule has 5 rings (SSSR count). The Bertz CT molecular complexity index is 1370. The molecule has 1 saturated heterocycles. The SMILES string of the molecule is O=C(c1cc2cc(O)ccc2cc1O)N1CCC(c2cc(C(F)(F)F)nc3[nH]ccc23)CC1. The third kappa shape index (κ3) is 3.83. The van der Waals surface area contributed by atoms with Gasteiger partial charge >= 0.3 is 6.18 Å². The molecule has 2 aromatic heterocycles. The van der Waals surface area contributed by atoms with E-state index in [4.69, 9.17) is 0 Å². The maximum absolute atomic E-state index is 13.3. The molecule has 0 saturated carbocycles. The lowest BCUT2D eigenvalue weighted by Gasteiger charge is -2.33. The predicted molar refractivity (Wildman–Crippen MR) is 116 cm³/mol. The molecule has 1 aliphatic rings. The topological polar surface area (TPSA) is 89.4 Å². The van der Waals surface area contributed by atoms with Crippen molar-refractivity contribution in [3.05, 3.63) is 65.5 Å². The van der Waals surface area contributed by atoms with E-state index in [-0.39, 0.29) is 34.5 Å². The molecule has 170 valence electrons. The van der Waals surface area contributed by atoms with Crippen molar-refractivity contribution in [1.29, 1.82) is 0 Å². The lowest BCUT2D eigenvalue weighted by Crippen LogP contribution is -2.38. The van der Waals surface area contributed by atoms with Gasteiger partial charge in [-0.05, 0) is 71.5 Å². The first-order chi connectivity index (χ1) is 15.7. The van der Waals surface area contributed by atoms with E-state index in [0.717, 1.165) is 6.07 Å². The number of aromatic hydroxyl groups is 2. The summed E-state index contributed by atoms with van der Waals surface area (Å²) >= 11 is 0. The predicted octanol–water partition coefficient (Wildman–Crippen LogP) is 5.17. The lowest BCUT2D eigenvalue weighted by molar-refractivity contribution is -0.141. The number of benzene rings is 2. The summed E-state index contributed by atoms with van der Waals surface area (Å²) in [6, 6.07) is 10.5. The van der Waals surface area contributed by atoms with Crippen LogP contribution in [0.3, 0.4) is 0 Å². The van der Waals surface area contributed by atoms with Crippen molar-refractivity contribution in [3.63, 3.8) is 0 Å². The number of phenolic OH excluding ortho intramolecular Hbond substituents is 2. The summed E-state index contributed by atoms with van der Waals surface area (Å²) in [5.74, 6) is -0.607. The number of pyridine rings is 1. The van der Waals surface area contributed by atoms with E-state index in [0.29, 0.717) is 47.7 Å². The van der Waals surface area contributed by atoms with Gasteiger partial charge in [-0.1, -0.05) is 6.07 Å². The average molecular weight is 455 g/mol. The number of likely N-dealkylation sites (tertiary alicyclic amines) is 1. The number of rotatable bonds is 2. The maximum Gasteiger partial charge on any atom is 0.433 e. The van der Waals surface area contributed by atoms with Crippen molar-refractivity contribution in [2.24, 2.45) is 0 Å². The second-order valence-corrected chi connectivity index (χ2v) is 8.30. The fraction of sp³-hybridized carbons (Fsp3) is 0.250. The zero-order valence-corrected chi connectivity index (χ0v) is 17.4. The summed E-state index contributed by atoms with van der Waals surface area (Å²) in [6.45, 7) is 0.688. The number of amides is 1. The fourth-order valence-corrected chi connectivity index (χ4v) is 4.56. The first kappa shape index (κ1) is 21.1. The molecule has 2 aromatic carbocycles. The fourth-order valence-electron chi connectivity index (χ4n) is 4.56. The number of alkyl halides is 3. The molecule has 3 N–H and O–H groups in total. The van der Waals surface area contributed by atoms with E-state index in [1.807, 2.05) is 0 Å². The third-order valence-electron chi connectivity index (χ3n) is 6.24. The molecule has 6 nitrogen and oxygen atoms in total. The second-order valence-electron chi connectivity index (χ2n) is 8.30. The number of hydrogen-bond donors (Lipinski definition) is 3. The van der Waals surface area contributed by atoms with Gasteiger partial charge in [0.1, 0.15) is 22.8 Å². The van der Waals surface area contributed by atoms with E-state index in [9.17, 15) is 28.2 Å². The summed E-state index contributed by atoms with van der Waals surface area (Å²) in [5.41, 5.74) is -0.0366. The smallest absolute Gasteiger partial charge is 0.433 e. The maximum atomic E-state index is 13.3. The van der Waals surface area contributed by atoms with Crippen molar-refractivity contribution >= 4 is 27.7 Å². The number of aromatic amines is 1. The van der Waals surface area contributed by atoms with Gasteiger partial charge < -0.3 is 20.1 Å². The summed E-state index contributed by atoms with van der Waals surface area (Å²) in [6.07, 6.45) is -2.00. The van der Waals surface area contributed by atoms with Gasteiger partial charge in [0, 0.05) is 24.7 Å². The molecule has 0 spiro atoms. The summed E-state index contributed by atoms with van der Waals surface area (Å²) < 4.78 is 40.0. The standard InChI is InChI=1S/C24H20F3N3O3/c25-24(26,27)21-12-18(17-3-6-28-22(17)29-21)13-4-7-30(8-5-13)23(33)19-10-15-9-16(31)2-1-14(15)11-20(19)32/h1-3,6,9-13,31-32H,4-5,7-8H2,(H,28,29). The number of carbonyl (C=O) groups excluding carboxylic acids is 1. The van der Waals surface area contributed by atoms with Crippen LogP contribution in [0.1, 0.15) is 40.4 Å². The van der Waals surface area contributed by atoms with Gasteiger partial charge in [0.05, 0.1) is 5.56 Å². The van der Waals surface area contributed by atoms with E-state index >= 15 is 0 Å². The Kier molecular flexibility index (Phi) is 4.92. The van der Waals surface area contributed by atoms with Crippen molar-refractivity contribution in [2.75, 3.05) is 13.1 Å². The number of nitrogens with one attached hydrogen (secondary N) is 1. The van der Waals surface area contributed by atoms with E-state index in [1.165, 1.54) is 18.2 Å². The van der Waals surface area contributed by atoms with Crippen LogP contribution >= 0.6 is 0 Å². The Morgan fingerprint density at radius 2 is 1.79 bits per heavy atom. The number of aromatic nitrogens is 2.